The summed E-state index contributed by atoms with van der Waals surface area (Å²) in [5.41, 5.74) is 0.838. The number of fused-ring (bicyclic) bond motifs is 1. The quantitative estimate of drug-likeness (QED) is 0.301. The Kier molecular flexibility index (Phi) is 8.48. The lowest BCUT2D eigenvalue weighted by molar-refractivity contribution is -0.174. The van der Waals surface area contributed by atoms with Gasteiger partial charge in [0.25, 0.3) is 5.91 Å². The Bertz CT molecular complexity index is 1470. The Morgan fingerprint density at radius 2 is 1.83 bits per heavy atom. The van der Waals surface area contributed by atoms with Crippen LogP contribution in [0, 0.1) is 11.3 Å². The van der Waals surface area contributed by atoms with Crippen LogP contribution in [0.4, 0.5) is 23.2 Å². The standard InChI is InChI=1S/C27H29F4N7O3/c1-26(2,41)23(28)14-34-24(39)19-13-33-21(22-8-7-18-9-15(11-32)12-35-38(18)22)10-20(19)36-16-3-5-17(6-4-16)37-25(40)27(29,30)31/h7-10,12-13,16-17,23,41H,3-6,14H2,1-2H3,(H,33,36)(H,34,39)(H,37,40). The van der Waals surface area contributed by atoms with Crippen LogP contribution in [0.5, 0.6) is 0 Å². The maximum absolute atomic E-state index is 14.3. The van der Waals surface area contributed by atoms with E-state index in [2.05, 4.69) is 20.7 Å². The zero-order valence-electron chi connectivity index (χ0n) is 22.3. The van der Waals surface area contributed by atoms with Gasteiger partial charge in [0, 0.05) is 18.3 Å². The highest BCUT2D eigenvalue weighted by Gasteiger charge is 2.40. The smallest absolute Gasteiger partial charge is 0.387 e. The van der Waals surface area contributed by atoms with Gasteiger partial charge in [-0.1, -0.05) is 0 Å². The third-order valence-electron chi connectivity index (χ3n) is 6.93. The molecule has 0 spiro atoms. The van der Waals surface area contributed by atoms with E-state index >= 15 is 0 Å². The minimum absolute atomic E-state index is 0.102. The van der Waals surface area contributed by atoms with Crippen LogP contribution in [0.2, 0.25) is 0 Å². The van der Waals surface area contributed by atoms with Crippen LogP contribution in [-0.4, -0.2) is 68.1 Å². The SMILES string of the molecule is CC(C)(O)C(F)CNC(=O)c1cnc(-c2ccc3cc(C#N)cnn23)cc1NC1CCC(NC(=O)C(F)(F)F)CC1. The van der Waals surface area contributed by atoms with Gasteiger partial charge in [-0.25, -0.2) is 8.91 Å². The van der Waals surface area contributed by atoms with Crippen molar-refractivity contribution in [2.75, 3.05) is 11.9 Å². The Morgan fingerprint density at radius 3 is 2.46 bits per heavy atom. The molecule has 4 N–H and O–H groups in total. The number of carbonyl (C=O) groups excluding carboxylic acids is 2. The summed E-state index contributed by atoms with van der Waals surface area (Å²) in [6.07, 6.45) is -2.54. The van der Waals surface area contributed by atoms with E-state index in [1.807, 2.05) is 11.4 Å². The number of rotatable bonds is 8. The molecule has 0 radical (unpaired) electrons. The van der Waals surface area contributed by atoms with E-state index in [4.69, 9.17) is 5.26 Å². The maximum Gasteiger partial charge on any atom is 0.471 e. The normalized spacial score (nSPS) is 18.4. The van der Waals surface area contributed by atoms with Crippen molar-refractivity contribution in [1.29, 1.82) is 5.26 Å². The fraction of sp³-hybridized carbons (Fsp3) is 0.444. The molecule has 2 amide bonds. The van der Waals surface area contributed by atoms with Crippen LogP contribution >= 0.6 is 0 Å². The molecule has 1 unspecified atom stereocenters. The Morgan fingerprint density at radius 1 is 1.15 bits per heavy atom. The van der Waals surface area contributed by atoms with Gasteiger partial charge in [0.1, 0.15) is 12.2 Å². The van der Waals surface area contributed by atoms with Crippen LogP contribution in [0.3, 0.4) is 0 Å². The fourth-order valence-electron chi connectivity index (χ4n) is 4.55. The number of amides is 2. The second kappa shape index (κ2) is 11.7. The molecule has 1 fully saturated rings. The molecule has 0 bridgehead atoms. The van der Waals surface area contributed by atoms with Crippen molar-refractivity contribution in [2.24, 2.45) is 0 Å². The van der Waals surface area contributed by atoms with Crippen molar-refractivity contribution >= 4 is 23.0 Å². The van der Waals surface area contributed by atoms with E-state index in [-0.39, 0.29) is 11.6 Å². The molecule has 3 aromatic heterocycles. The van der Waals surface area contributed by atoms with E-state index in [0.29, 0.717) is 53.8 Å². The number of hydrogen-bond donors (Lipinski definition) is 4. The second-order valence-corrected chi connectivity index (χ2v) is 10.5. The Balaban J connectivity index is 1.57. The van der Waals surface area contributed by atoms with Gasteiger partial charge in [-0.05, 0) is 63.8 Å². The number of halogens is 4. The minimum Gasteiger partial charge on any atom is -0.387 e. The van der Waals surface area contributed by atoms with Gasteiger partial charge in [-0.15, -0.1) is 0 Å². The van der Waals surface area contributed by atoms with Crippen molar-refractivity contribution in [3.05, 3.63) is 47.8 Å². The maximum atomic E-state index is 14.3. The van der Waals surface area contributed by atoms with Crippen molar-refractivity contribution in [3.8, 4) is 17.5 Å². The van der Waals surface area contributed by atoms with Gasteiger partial charge < -0.3 is 21.1 Å². The largest absolute Gasteiger partial charge is 0.471 e. The first-order valence-corrected chi connectivity index (χ1v) is 12.9. The molecule has 218 valence electrons. The van der Waals surface area contributed by atoms with E-state index < -0.39 is 42.3 Å². The summed E-state index contributed by atoms with van der Waals surface area (Å²) in [6, 6.07) is 7.95. The highest BCUT2D eigenvalue weighted by Crippen LogP contribution is 2.29. The Hall–Kier alpha value is -4.25. The van der Waals surface area contributed by atoms with Gasteiger partial charge in [-0.2, -0.15) is 23.5 Å². The summed E-state index contributed by atoms with van der Waals surface area (Å²) in [5, 5.41) is 31.0. The number of nitrogens with zero attached hydrogens (tertiary/aromatic N) is 4. The number of anilines is 1. The summed E-state index contributed by atoms with van der Waals surface area (Å²) in [7, 11) is 0. The predicted octanol–water partition coefficient (Wildman–Crippen LogP) is 3.51. The number of aliphatic hydroxyl groups is 1. The summed E-state index contributed by atoms with van der Waals surface area (Å²) in [6.45, 7) is 2.13. The van der Waals surface area contributed by atoms with E-state index in [1.54, 1.807) is 28.8 Å². The summed E-state index contributed by atoms with van der Waals surface area (Å²) < 4.78 is 53.8. The molecule has 3 aromatic rings. The molecular formula is C27H29F4N7O3. The lowest BCUT2D eigenvalue weighted by Crippen LogP contribution is -2.45. The van der Waals surface area contributed by atoms with Gasteiger partial charge in [0.15, 0.2) is 0 Å². The third kappa shape index (κ3) is 7.10. The molecule has 14 heteroatoms. The first-order chi connectivity index (χ1) is 19.3. The predicted molar refractivity (Wildman–Crippen MR) is 141 cm³/mol. The minimum atomic E-state index is -4.96. The molecule has 1 atom stereocenters. The number of alkyl halides is 4. The Labute approximate surface area is 232 Å². The van der Waals surface area contributed by atoms with Crippen molar-refractivity contribution in [3.63, 3.8) is 0 Å². The van der Waals surface area contributed by atoms with Gasteiger partial charge >= 0.3 is 12.1 Å². The number of aromatic nitrogens is 3. The van der Waals surface area contributed by atoms with Crippen LogP contribution in [-0.2, 0) is 4.79 Å². The van der Waals surface area contributed by atoms with Crippen LogP contribution in [0.25, 0.3) is 16.9 Å². The van der Waals surface area contributed by atoms with Crippen molar-refractivity contribution < 1.29 is 32.3 Å². The third-order valence-corrected chi connectivity index (χ3v) is 6.93. The average molecular weight is 576 g/mol. The van der Waals surface area contributed by atoms with Gasteiger partial charge in [0.05, 0.1) is 52.1 Å². The fourth-order valence-corrected chi connectivity index (χ4v) is 4.55. The number of carbonyl (C=O) groups is 2. The molecule has 1 aliphatic carbocycles. The lowest BCUT2D eigenvalue weighted by atomic mass is 9.90. The molecular weight excluding hydrogens is 546 g/mol. The molecule has 1 saturated carbocycles. The molecule has 4 rings (SSSR count). The van der Waals surface area contributed by atoms with Crippen LogP contribution in [0.1, 0.15) is 55.5 Å². The zero-order chi connectivity index (χ0) is 29.9. The van der Waals surface area contributed by atoms with Gasteiger partial charge in [0.2, 0.25) is 0 Å². The lowest BCUT2D eigenvalue weighted by Gasteiger charge is -2.31. The van der Waals surface area contributed by atoms with Crippen molar-refractivity contribution in [1.82, 2.24) is 25.2 Å². The number of nitriles is 1. The first-order valence-electron chi connectivity index (χ1n) is 12.9. The monoisotopic (exact) mass is 575 g/mol. The van der Waals surface area contributed by atoms with E-state index in [0.717, 1.165) is 0 Å². The number of pyridine rings is 1. The first kappa shape index (κ1) is 29.7. The number of nitrogens with one attached hydrogen (secondary N) is 3. The van der Waals surface area contributed by atoms with Crippen molar-refractivity contribution in [2.45, 2.75) is 69.6 Å². The molecule has 1 aliphatic rings. The summed E-state index contributed by atoms with van der Waals surface area (Å²) in [4.78, 5) is 28.8. The highest BCUT2D eigenvalue weighted by atomic mass is 19.4. The molecule has 10 nitrogen and oxygen atoms in total. The topological polar surface area (TPSA) is 144 Å². The number of hydrogen-bond acceptors (Lipinski definition) is 7. The molecule has 0 aliphatic heterocycles. The van der Waals surface area contributed by atoms with Crippen LogP contribution in [0.15, 0.2) is 36.7 Å². The summed E-state index contributed by atoms with van der Waals surface area (Å²) in [5.74, 6) is -2.61. The second-order valence-electron chi connectivity index (χ2n) is 10.5. The van der Waals surface area contributed by atoms with E-state index in [9.17, 15) is 32.3 Å². The summed E-state index contributed by atoms with van der Waals surface area (Å²) >= 11 is 0. The molecule has 41 heavy (non-hydrogen) atoms. The molecule has 3 heterocycles. The van der Waals surface area contributed by atoms with Gasteiger partial charge in [-0.3, -0.25) is 14.6 Å². The molecule has 0 aromatic carbocycles. The van der Waals surface area contributed by atoms with Crippen LogP contribution < -0.4 is 16.0 Å². The van der Waals surface area contributed by atoms with E-state index in [1.165, 1.54) is 26.2 Å². The highest BCUT2D eigenvalue weighted by molar-refractivity contribution is 6.00. The zero-order valence-corrected chi connectivity index (χ0v) is 22.3. The molecule has 0 saturated heterocycles. The average Bonchev–Trinajstić information content (AvgIpc) is 3.34.